The number of carbonyl (C=O) groups excluding carboxylic acids is 2. The molecule has 1 amide bonds. The Balaban J connectivity index is 1.46. The van der Waals surface area contributed by atoms with E-state index in [0.29, 0.717) is 23.7 Å². The molecule has 0 atom stereocenters. The van der Waals surface area contributed by atoms with Crippen LogP contribution in [0.5, 0.6) is 0 Å². The third kappa shape index (κ3) is 7.19. The number of sulfonamides is 1. The molecule has 202 valence electrons. The van der Waals surface area contributed by atoms with Gasteiger partial charge < -0.3 is 14.4 Å². The predicted molar refractivity (Wildman–Crippen MR) is 143 cm³/mol. The topological polar surface area (TPSA) is 139 Å². The molecule has 0 radical (unpaired) electrons. The van der Waals surface area contributed by atoms with Crippen LogP contribution < -0.4 is 9.62 Å². The van der Waals surface area contributed by atoms with Gasteiger partial charge in [0.05, 0.1) is 48.3 Å². The Morgan fingerprint density at radius 1 is 1.05 bits per heavy atom. The number of amides is 1. The summed E-state index contributed by atoms with van der Waals surface area (Å²) in [5.41, 5.74) is 2.09. The molecule has 2 aromatic carbocycles. The molecule has 3 aromatic rings. The quantitative estimate of drug-likeness (QED) is 0.358. The van der Waals surface area contributed by atoms with E-state index in [0.717, 1.165) is 5.56 Å². The van der Waals surface area contributed by atoms with Crippen LogP contribution in [-0.4, -0.2) is 45.0 Å². The summed E-state index contributed by atoms with van der Waals surface area (Å²) >= 11 is 0. The van der Waals surface area contributed by atoms with Crippen molar-refractivity contribution >= 4 is 27.7 Å². The summed E-state index contributed by atoms with van der Waals surface area (Å²) in [6.45, 7) is 2.46. The minimum atomic E-state index is -3.86. The molecule has 0 saturated carbocycles. The highest BCUT2D eigenvalue weighted by molar-refractivity contribution is 7.89. The summed E-state index contributed by atoms with van der Waals surface area (Å²) < 4.78 is 38.0. The molecule has 39 heavy (non-hydrogen) atoms. The Morgan fingerprint density at radius 3 is 2.31 bits per heavy atom. The number of rotatable bonds is 11. The van der Waals surface area contributed by atoms with E-state index in [2.05, 4.69) is 15.8 Å². The van der Waals surface area contributed by atoms with Gasteiger partial charge in [-0.3, -0.25) is 9.52 Å². The van der Waals surface area contributed by atoms with Crippen LogP contribution in [0.2, 0.25) is 0 Å². The predicted octanol–water partition coefficient (Wildman–Crippen LogP) is 2.93. The molecule has 0 bridgehead atoms. The Labute approximate surface area is 227 Å². The second kappa shape index (κ2) is 12.5. The Kier molecular flexibility index (Phi) is 8.91. The number of ether oxygens (including phenoxy) is 2. The molecule has 11 heteroatoms. The van der Waals surface area contributed by atoms with E-state index in [4.69, 9.17) is 9.47 Å². The highest BCUT2D eigenvalue weighted by atomic mass is 32.2. The lowest BCUT2D eigenvalue weighted by Gasteiger charge is -2.39. The Morgan fingerprint density at radius 2 is 1.69 bits per heavy atom. The maximum absolute atomic E-state index is 12.6. The second-order valence-corrected chi connectivity index (χ2v) is 10.7. The number of nitrogens with one attached hydrogen (secondary N) is 1. The van der Waals surface area contributed by atoms with Gasteiger partial charge in [-0.15, -0.1) is 0 Å². The van der Waals surface area contributed by atoms with Crippen LogP contribution in [-0.2, 0) is 43.3 Å². The van der Waals surface area contributed by atoms with Crippen molar-refractivity contribution in [2.45, 2.75) is 25.9 Å². The maximum atomic E-state index is 12.6. The Bertz CT molecular complexity index is 1470. The summed E-state index contributed by atoms with van der Waals surface area (Å²) in [6.07, 6.45) is 0. The van der Waals surface area contributed by atoms with Gasteiger partial charge in [-0.05, 0) is 24.1 Å². The Hall–Kier alpha value is -4.27. The number of hydrogen-bond donors (Lipinski definition) is 1. The highest BCUT2D eigenvalue weighted by Gasteiger charge is 2.37. The van der Waals surface area contributed by atoms with Gasteiger partial charge in [0.25, 0.3) is 0 Å². The van der Waals surface area contributed by atoms with Crippen LogP contribution in [0.4, 0.5) is 5.82 Å². The number of nitriles is 1. The molecule has 0 unspecified atom stereocenters. The molecule has 2 heterocycles. The third-order valence-electron chi connectivity index (χ3n) is 6.05. The number of benzene rings is 2. The summed E-state index contributed by atoms with van der Waals surface area (Å²) in [4.78, 5) is 31.5. The van der Waals surface area contributed by atoms with E-state index in [1.165, 1.54) is 6.07 Å². The summed E-state index contributed by atoms with van der Waals surface area (Å²) in [5, 5.41) is 9.75. The van der Waals surface area contributed by atoms with Gasteiger partial charge in [-0.1, -0.05) is 60.7 Å². The molecule has 10 nitrogen and oxygen atoms in total. The van der Waals surface area contributed by atoms with Crippen LogP contribution in [0.1, 0.15) is 39.7 Å². The first-order valence-electron chi connectivity index (χ1n) is 12.4. The number of aromatic nitrogens is 1. The number of anilines is 1. The summed E-state index contributed by atoms with van der Waals surface area (Å²) in [6, 6.07) is 21.6. The fourth-order valence-corrected chi connectivity index (χ4v) is 5.26. The summed E-state index contributed by atoms with van der Waals surface area (Å²) in [5.74, 6) is -1.85. The van der Waals surface area contributed by atoms with Gasteiger partial charge in [-0.25, -0.2) is 18.2 Å². The van der Waals surface area contributed by atoms with E-state index in [9.17, 15) is 23.3 Å². The van der Waals surface area contributed by atoms with Crippen LogP contribution >= 0.6 is 0 Å². The molecule has 1 aromatic heterocycles. The van der Waals surface area contributed by atoms with E-state index in [1.807, 2.05) is 30.3 Å². The first-order chi connectivity index (χ1) is 18.8. The summed E-state index contributed by atoms with van der Waals surface area (Å²) in [7, 11) is -3.86. The van der Waals surface area contributed by atoms with Gasteiger partial charge in [0.1, 0.15) is 11.9 Å². The number of hydrogen-bond acceptors (Lipinski definition) is 9. The van der Waals surface area contributed by atoms with E-state index >= 15 is 0 Å². The van der Waals surface area contributed by atoms with Gasteiger partial charge in [0.2, 0.25) is 15.9 Å². The lowest BCUT2D eigenvalue weighted by atomic mass is 9.98. The van der Waals surface area contributed by atoms with Crippen molar-refractivity contribution in [2.24, 2.45) is 5.92 Å². The smallest absolute Gasteiger partial charge is 0.340 e. The van der Waals surface area contributed by atoms with Crippen LogP contribution in [0.3, 0.4) is 0 Å². The molecule has 0 aliphatic carbocycles. The molecule has 1 fully saturated rings. The van der Waals surface area contributed by atoms with Crippen molar-refractivity contribution in [2.75, 3.05) is 24.6 Å². The molecule has 1 N–H and O–H groups in total. The largest absolute Gasteiger partial charge is 0.462 e. The minimum absolute atomic E-state index is 0.00274. The van der Waals surface area contributed by atoms with Crippen LogP contribution in [0, 0.1) is 17.2 Å². The SMILES string of the molecule is CCOC(=O)c1cc(C#N)c(N2CC(C(=O)NS(=O)(=O)Cc3ccccc3)C2)nc1COCc1ccccc1. The zero-order valence-electron chi connectivity index (χ0n) is 21.4. The standard InChI is InChI=1S/C28H28N4O6S/c1-2-38-28(34)24-13-22(14-29)26(30-25(24)18-37-17-20-9-5-3-6-10-20)32-15-23(16-32)27(33)31-39(35,36)19-21-11-7-4-8-12-21/h3-13,23H,2,15-19H2,1H3,(H,31,33). The fourth-order valence-electron chi connectivity index (χ4n) is 4.08. The zero-order chi connectivity index (χ0) is 27.8. The average molecular weight is 549 g/mol. The van der Waals surface area contributed by atoms with Crippen molar-refractivity contribution in [1.29, 1.82) is 5.26 Å². The van der Waals surface area contributed by atoms with Gasteiger partial charge in [0.15, 0.2) is 0 Å². The van der Waals surface area contributed by atoms with Crippen molar-refractivity contribution < 1.29 is 27.5 Å². The van der Waals surface area contributed by atoms with Gasteiger partial charge >= 0.3 is 5.97 Å². The molecular formula is C28H28N4O6S. The second-order valence-electron chi connectivity index (χ2n) is 8.98. The van der Waals surface area contributed by atoms with Gasteiger partial charge in [0, 0.05) is 13.1 Å². The van der Waals surface area contributed by atoms with Crippen molar-refractivity contribution in [3.05, 3.63) is 94.7 Å². The van der Waals surface area contributed by atoms with Crippen molar-refractivity contribution in [3.8, 4) is 6.07 Å². The van der Waals surface area contributed by atoms with Crippen molar-refractivity contribution in [3.63, 3.8) is 0 Å². The highest BCUT2D eigenvalue weighted by Crippen LogP contribution is 2.29. The molecule has 0 spiro atoms. The molecule has 1 aliphatic heterocycles. The lowest BCUT2D eigenvalue weighted by Crippen LogP contribution is -2.55. The molecule has 1 saturated heterocycles. The zero-order valence-corrected chi connectivity index (χ0v) is 22.2. The van der Waals surface area contributed by atoms with Gasteiger partial charge in [-0.2, -0.15) is 5.26 Å². The average Bonchev–Trinajstić information content (AvgIpc) is 2.88. The first kappa shape index (κ1) is 27.8. The van der Waals surface area contributed by atoms with E-state index in [1.54, 1.807) is 42.2 Å². The first-order valence-corrected chi connectivity index (χ1v) is 14.0. The monoisotopic (exact) mass is 548 g/mol. The van der Waals surface area contributed by atoms with E-state index < -0.39 is 27.8 Å². The molecule has 1 aliphatic rings. The van der Waals surface area contributed by atoms with Crippen LogP contribution in [0.25, 0.3) is 0 Å². The molecular weight excluding hydrogens is 520 g/mol. The fraction of sp³-hybridized carbons (Fsp3) is 0.286. The number of esters is 1. The van der Waals surface area contributed by atoms with Crippen molar-refractivity contribution in [1.82, 2.24) is 9.71 Å². The lowest BCUT2D eigenvalue weighted by molar-refractivity contribution is -0.123. The number of nitrogens with zero attached hydrogens (tertiary/aromatic N) is 3. The van der Waals surface area contributed by atoms with Crippen LogP contribution in [0.15, 0.2) is 66.7 Å². The number of carbonyl (C=O) groups is 2. The van der Waals surface area contributed by atoms with E-state index in [-0.39, 0.29) is 43.2 Å². The normalized spacial score (nSPS) is 13.3. The maximum Gasteiger partial charge on any atom is 0.340 e. The number of pyridine rings is 1. The third-order valence-corrected chi connectivity index (χ3v) is 7.28. The molecule has 4 rings (SSSR count). The minimum Gasteiger partial charge on any atom is -0.462 e.